The second-order valence-electron chi connectivity index (χ2n) is 19.4. The number of halogens is 3. The molecule has 8 heterocycles. The van der Waals surface area contributed by atoms with Crippen LogP contribution in [0.5, 0.6) is 0 Å². The molecule has 3 saturated heterocycles. The summed E-state index contributed by atoms with van der Waals surface area (Å²) in [5.41, 5.74) is 4.92. The van der Waals surface area contributed by atoms with E-state index >= 15 is 13.2 Å². The van der Waals surface area contributed by atoms with Crippen LogP contribution in [0.15, 0.2) is 72.5 Å². The van der Waals surface area contributed by atoms with E-state index in [4.69, 9.17) is 0 Å². The maximum atomic E-state index is 16.0. The number of thiazole rings is 1. The van der Waals surface area contributed by atoms with Gasteiger partial charge >= 0.3 is 6.03 Å². The minimum Gasteiger partial charge on any atom is -0.370 e. The molecule has 1 saturated carbocycles. The average molecular weight is 958 g/mol. The lowest BCUT2D eigenvalue weighted by atomic mass is 9.70. The molecular formula is C49H46F3N11O5S. The van der Waals surface area contributed by atoms with Gasteiger partial charge in [-0.1, -0.05) is 18.2 Å². The molecule has 5 aliphatic heterocycles. The van der Waals surface area contributed by atoms with Gasteiger partial charge in [0.2, 0.25) is 11.8 Å². The predicted molar refractivity (Wildman–Crippen MR) is 248 cm³/mol. The van der Waals surface area contributed by atoms with Crippen molar-refractivity contribution in [2.75, 3.05) is 47.8 Å². The first-order chi connectivity index (χ1) is 33.2. The van der Waals surface area contributed by atoms with Gasteiger partial charge in [-0.25, -0.2) is 27.9 Å². The number of likely N-dealkylation sites (tertiary alicyclic amines) is 1. The molecular weight excluding hydrogens is 912 g/mol. The van der Waals surface area contributed by atoms with E-state index in [1.165, 1.54) is 27.2 Å². The summed E-state index contributed by atoms with van der Waals surface area (Å²) in [6, 6.07) is 14.2. The highest BCUT2D eigenvalue weighted by Crippen LogP contribution is 2.50. The van der Waals surface area contributed by atoms with Crippen molar-refractivity contribution >= 4 is 68.5 Å². The van der Waals surface area contributed by atoms with E-state index in [0.717, 1.165) is 30.8 Å². The van der Waals surface area contributed by atoms with Crippen LogP contribution in [0.25, 0.3) is 22.0 Å². The number of aryl methyl sites for hydroxylation is 2. The molecule has 0 radical (unpaired) electrons. The molecule has 20 heteroatoms. The van der Waals surface area contributed by atoms with Crippen LogP contribution in [0, 0.1) is 17.2 Å². The lowest BCUT2D eigenvalue weighted by molar-refractivity contribution is -0.157. The molecule has 12 rings (SSSR count). The smallest absolute Gasteiger partial charge is 0.329 e. The fourth-order valence-electron chi connectivity index (χ4n) is 11.6. The van der Waals surface area contributed by atoms with E-state index in [2.05, 4.69) is 30.6 Å². The summed E-state index contributed by atoms with van der Waals surface area (Å²) in [6.07, 6.45) is 4.98. The third-order valence-electron chi connectivity index (χ3n) is 15.0. The Kier molecular flexibility index (Phi) is 10.0. The fraction of sp³-hybridized carbons (Fsp3) is 0.388. The number of alkyl halides is 2. The Balaban J connectivity index is 0.669. The van der Waals surface area contributed by atoms with Gasteiger partial charge in [-0.3, -0.25) is 39.4 Å². The zero-order chi connectivity index (χ0) is 47.5. The Morgan fingerprint density at radius 2 is 1.75 bits per heavy atom. The number of nitrogens with zero attached hydrogens (tertiary/aromatic N) is 9. The first kappa shape index (κ1) is 43.2. The van der Waals surface area contributed by atoms with E-state index < -0.39 is 53.9 Å². The van der Waals surface area contributed by atoms with Crippen LogP contribution in [0.3, 0.4) is 0 Å². The van der Waals surface area contributed by atoms with E-state index in [-0.39, 0.29) is 54.3 Å². The number of aromatic nitrogens is 5. The van der Waals surface area contributed by atoms with Gasteiger partial charge in [-0.2, -0.15) is 5.10 Å². The van der Waals surface area contributed by atoms with Crippen LogP contribution in [0.4, 0.5) is 34.6 Å². The normalized spacial score (nSPS) is 21.8. The van der Waals surface area contributed by atoms with Gasteiger partial charge in [0.15, 0.2) is 17.0 Å². The van der Waals surface area contributed by atoms with Crippen molar-refractivity contribution in [3.63, 3.8) is 0 Å². The molecule has 354 valence electrons. The number of anilines is 3. The second kappa shape index (κ2) is 16.0. The molecule has 3 aromatic heterocycles. The molecule has 69 heavy (non-hydrogen) atoms. The van der Waals surface area contributed by atoms with Crippen molar-refractivity contribution < 1.29 is 37.1 Å². The number of rotatable bonds is 9. The molecule has 6 aromatic rings. The lowest BCUT2D eigenvalue weighted by Gasteiger charge is -2.61. The second-order valence-corrected chi connectivity index (χ2v) is 20.3. The van der Waals surface area contributed by atoms with Gasteiger partial charge in [0.05, 0.1) is 24.1 Å². The van der Waals surface area contributed by atoms with Crippen molar-refractivity contribution in [3.05, 3.63) is 106 Å². The monoisotopic (exact) mass is 957 g/mol. The Morgan fingerprint density at radius 1 is 0.942 bits per heavy atom. The van der Waals surface area contributed by atoms with Gasteiger partial charge in [0.1, 0.15) is 5.82 Å². The number of hydrogen-bond acceptors (Lipinski definition) is 10. The molecule has 3 unspecified atom stereocenters. The first-order valence-corrected chi connectivity index (χ1v) is 24.1. The highest BCUT2D eigenvalue weighted by atomic mass is 32.1. The van der Waals surface area contributed by atoms with Crippen molar-refractivity contribution in [1.29, 1.82) is 0 Å². The molecule has 4 fully saturated rings. The van der Waals surface area contributed by atoms with Crippen LogP contribution in [-0.4, -0.2) is 102 Å². The number of urea groups is 1. The zero-order valence-corrected chi connectivity index (χ0v) is 38.3. The van der Waals surface area contributed by atoms with Crippen LogP contribution < -0.4 is 20.4 Å². The number of hydrogen-bond donors (Lipinski definition) is 2. The van der Waals surface area contributed by atoms with E-state index in [1.807, 2.05) is 28.8 Å². The van der Waals surface area contributed by atoms with Crippen LogP contribution in [0.2, 0.25) is 0 Å². The summed E-state index contributed by atoms with van der Waals surface area (Å²) in [6.45, 7) is 3.27. The molecule has 2 N–H and O–H groups in total. The summed E-state index contributed by atoms with van der Waals surface area (Å²) in [5.74, 6) is -6.66. The molecule has 3 aromatic carbocycles. The minimum absolute atomic E-state index is 0.0865. The standard InChI is InChI=1S/C49H46F3N11O5S/c1-58-38-19-28(6-10-32(38)42(57-58)62-15-12-39(64)55-47(62)68)35-11-7-29(20-49(35,51)52)44(66)61-24-48(25-61)22-60(23-48)31-8-4-27(5-9-31)30-17-33-34(36(50)18-30)21-63(45(33)67)41(43(65)56-46-53-13-16-69-46)40-37-3-2-14-59(37)26-54-40/h4-6,8-10,13,16-19,26,29,35,41H,2-3,7,11-12,14-15,20-25H2,1H3,(H,53,56,65)(H,55,64,68). The SMILES string of the molecule is Cn1nc(N2CCC(=O)NC2=O)c2ccc(C3CCC(C(=O)N4CC5(C4)CN(c4ccc(-c6cc(F)c7c(c6)C(=O)N(C(C(=O)Nc6nccs6)c6ncn8c6CCC8)C7)cc4)C5)CC3(F)F)cc21. The average Bonchev–Trinajstić information content (AvgIpc) is 4.15. The number of imidazole rings is 1. The lowest BCUT2D eigenvalue weighted by Crippen LogP contribution is -2.73. The Labute approximate surface area is 397 Å². The highest BCUT2D eigenvalue weighted by Gasteiger charge is 2.56. The molecule has 1 aliphatic carbocycles. The summed E-state index contributed by atoms with van der Waals surface area (Å²) >= 11 is 1.26. The Hall–Kier alpha value is -7.09. The van der Waals surface area contributed by atoms with Crippen molar-refractivity contribution in [3.8, 4) is 11.1 Å². The van der Waals surface area contributed by atoms with Crippen molar-refractivity contribution in [1.82, 2.24) is 39.4 Å². The summed E-state index contributed by atoms with van der Waals surface area (Å²) in [7, 11) is 1.69. The van der Waals surface area contributed by atoms with Gasteiger partial charge in [-0.15, -0.1) is 11.3 Å². The molecule has 6 aliphatic rings. The molecule has 6 amide bonds. The number of carbonyl (C=O) groups is 5. The van der Waals surface area contributed by atoms with Gasteiger partial charge in [0.25, 0.3) is 17.7 Å². The molecule has 0 bridgehead atoms. The quantitative estimate of drug-likeness (QED) is 0.162. The Bertz CT molecular complexity index is 3120. The molecule has 1 spiro atoms. The Morgan fingerprint density at radius 3 is 2.51 bits per heavy atom. The largest absolute Gasteiger partial charge is 0.370 e. The number of carbonyl (C=O) groups excluding carboxylic acids is 5. The number of nitrogens with one attached hydrogen (secondary N) is 2. The number of benzene rings is 3. The van der Waals surface area contributed by atoms with Crippen molar-refractivity contribution in [2.45, 2.75) is 69.5 Å². The third-order valence-corrected chi connectivity index (χ3v) is 15.7. The predicted octanol–water partition coefficient (Wildman–Crippen LogP) is 6.63. The molecule has 3 atom stereocenters. The summed E-state index contributed by atoms with van der Waals surface area (Å²) < 4.78 is 51.5. The van der Waals surface area contributed by atoms with E-state index in [9.17, 15) is 24.0 Å². The van der Waals surface area contributed by atoms with Crippen LogP contribution >= 0.6 is 11.3 Å². The maximum absolute atomic E-state index is 16.0. The van der Waals surface area contributed by atoms with E-state index in [1.54, 1.807) is 58.8 Å². The topological polar surface area (TPSA) is 171 Å². The van der Waals surface area contributed by atoms with Crippen LogP contribution in [-0.2, 0) is 40.9 Å². The number of imide groups is 1. The minimum atomic E-state index is -3.12. The van der Waals surface area contributed by atoms with Gasteiger partial charge < -0.3 is 19.3 Å². The zero-order valence-electron chi connectivity index (χ0n) is 37.5. The first-order valence-electron chi connectivity index (χ1n) is 23.2. The fourth-order valence-corrected chi connectivity index (χ4v) is 12.1. The third kappa shape index (κ3) is 7.24. The maximum Gasteiger partial charge on any atom is 0.329 e. The number of fused-ring (bicyclic) bond motifs is 3. The highest BCUT2D eigenvalue weighted by molar-refractivity contribution is 7.13. The summed E-state index contributed by atoms with van der Waals surface area (Å²) in [5, 5.41) is 12.4. The van der Waals surface area contributed by atoms with E-state index in [0.29, 0.717) is 76.8 Å². The summed E-state index contributed by atoms with van der Waals surface area (Å²) in [4.78, 5) is 81.3. The molecule has 16 nitrogen and oxygen atoms in total. The van der Waals surface area contributed by atoms with Gasteiger partial charge in [-0.05, 0) is 78.8 Å². The van der Waals surface area contributed by atoms with Gasteiger partial charge in [0, 0.05) is 116 Å². The number of amides is 6. The van der Waals surface area contributed by atoms with Crippen LogP contribution in [0.1, 0.15) is 76.9 Å². The van der Waals surface area contributed by atoms with Crippen molar-refractivity contribution in [2.24, 2.45) is 18.4 Å².